The molecule has 25 heavy (non-hydrogen) atoms. The Kier molecular flexibility index (Phi) is 6.43. The van der Waals surface area contributed by atoms with Crippen LogP contribution in [0, 0.1) is 10.1 Å². The number of nitrogens with zero attached hydrogens (tertiary/aromatic N) is 2. The summed E-state index contributed by atoms with van der Waals surface area (Å²) in [4.78, 5) is 13.4. The van der Waals surface area contributed by atoms with E-state index >= 15 is 0 Å². The Morgan fingerprint density at radius 2 is 1.96 bits per heavy atom. The molecule has 1 aromatic carbocycles. The summed E-state index contributed by atoms with van der Waals surface area (Å²) in [6.45, 7) is 2.78. The highest BCUT2D eigenvalue weighted by atomic mass is 32.2. The van der Waals surface area contributed by atoms with E-state index in [0.29, 0.717) is 6.61 Å². The summed E-state index contributed by atoms with van der Waals surface area (Å²) in [7, 11) is -3.89. The third-order valence-electron chi connectivity index (χ3n) is 3.38. The standard InChI is InChI=1S/C16H19N3O5S/c1-2-3-8-24-15-6-4-13(5-7-15)10-18-25(22,23)16-9-14(19(20)21)11-17-12-16/h4-7,9,11-12,18H,2-3,8,10H2,1H3. The van der Waals surface area contributed by atoms with Gasteiger partial charge < -0.3 is 4.74 Å². The molecule has 0 amide bonds. The summed E-state index contributed by atoms with van der Waals surface area (Å²) in [5.41, 5.74) is 0.362. The van der Waals surface area contributed by atoms with E-state index in [1.807, 2.05) is 0 Å². The molecule has 9 heteroatoms. The molecule has 8 nitrogen and oxygen atoms in total. The van der Waals surface area contributed by atoms with Gasteiger partial charge in [-0.1, -0.05) is 25.5 Å². The zero-order chi connectivity index (χ0) is 18.3. The number of nitrogens with one attached hydrogen (secondary N) is 1. The lowest BCUT2D eigenvalue weighted by Crippen LogP contribution is -2.23. The van der Waals surface area contributed by atoms with Crippen molar-refractivity contribution >= 4 is 15.7 Å². The van der Waals surface area contributed by atoms with Crippen LogP contribution in [-0.2, 0) is 16.6 Å². The maximum absolute atomic E-state index is 12.2. The van der Waals surface area contributed by atoms with Crippen molar-refractivity contribution in [3.8, 4) is 5.75 Å². The summed E-state index contributed by atoms with van der Waals surface area (Å²) in [5.74, 6) is 0.725. The molecule has 0 unspecified atom stereocenters. The van der Waals surface area contributed by atoms with Crippen molar-refractivity contribution < 1.29 is 18.1 Å². The lowest BCUT2D eigenvalue weighted by atomic mass is 10.2. The molecule has 0 aliphatic carbocycles. The topological polar surface area (TPSA) is 111 Å². The van der Waals surface area contributed by atoms with Gasteiger partial charge in [0.25, 0.3) is 5.69 Å². The lowest BCUT2D eigenvalue weighted by molar-refractivity contribution is -0.385. The van der Waals surface area contributed by atoms with E-state index < -0.39 is 14.9 Å². The Balaban J connectivity index is 2.00. The number of pyridine rings is 1. The average molecular weight is 365 g/mol. The lowest BCUT2D eigenvalue weighted by Gasteiger charge is -2.08. The number of nitro groups is 1. The Hall–Kier alpha value is -2.52. The van der Waals surface area contributed by atoms with Crippen LogP contribution in [0.5, 0.6) is 5.75 Å². The molecule has 0 fully saturated rings. The molecule has 0 aliphatic rings. The first kappa shape index (κ1) is 18.8. The van der Waals surface area contributed by atoms with Crippen LogP contribution < -0.4 is 9.46 Å². The van der Waals surface area contributed by atoms with E-state index in [9.17, 15) is 18.5 Å². The van der Waals surface area contributed by atoms with Gasteiger partial charge in [0.1, 0.15) is 16.8 Å². The fourth-order valence-corrected chi connectivity index (χ4v) is 2.95. The number of sulfonamides is 1. The molecule has 0 radical (unpaired) electrons. The number of hydrogen-bond acceptors (Lipinski definition) is 6. The third-order valence-corrected chi connectivity index (χ3v) is 4.74. The molecular formula is C16H19N3O5S. The van der Waals surface area contributed by atoms with Crippen LogP contribution in [0.15, 0.2) is 47.6 Å². The van der Waals surface area contributed by atoms with E-state index in [1.165, 1.54) is 0 Å². The summed E-state index contributed by atoms with van der Waals surface area (Å²) < 4.78 is 32.4. The van der Waals surface area contributed by atoms with Crippen molar-refractivity contribution in [1.82, 2.24) is 9.71 Å². The fraction of sp³-hybridized carbons (Fsp3) is 0.312. The molecule has 1 N–H and O–H groups in total. The molecule has 2 aromatic rings. The SMILES string of the molecule is CCCCOc1ccc(CNS(=O)(=O)c2cncc([N+](=O)[O-])c2)cc1. The van der Waals surface area contributed by atoms with Gasteiger partial charge >= 0.3 is 0 Å². The minimum absolute atomic E-state index is 0.0558. The van der Waals surface area contributed by atoms with E-state index in [1.54, 1.807) is 24.3 Å². The molecule has 0 bridgehead atoms. The van der Waals surface area contributed by atoms with Crippen molar-refractivity contribution in [2.45, 2.75) is 31.2 Å². The van der Waals surface area contributed by atoms with Crippen molar-refractivity contribution in [3.63, 3.8) is 0 Å². The predicted octanol–water partition coefficient (Wildman–Crippen LogP) is 2.65. The first-order valence-electron chi connectivity index (χ1n) is 7.73. The zero-order valence-corrected chi connectivity index (χ0v) is 14.5. The molecule has 1 heterocycles. The van der Waals surface area contributed by atoms with Crippen LogP contribution in [0.2, 0.25) is 0 Å². The Bertz CT molecular complexity index is 822. The predicted molar refractivity (Wildman–Crippen MR) is 91.8 cm³/mol. The summed E-state index contributed by atoms with van der Waals surface area (Å²) in [6.07, 6.45) is 4.08. The summed E-state index contributed by atoms with van der Waals surface area (Å²) in [5, 5.41) is 10.7. The van der Waals surface area contributed by atoms with E-state index in [4.69, 9.17) is 4.74 Å². The number of rotatable bonds is 9. The number of aromatic nitrogens is 1. The van der Waals surface area contributed by atoms with E-state index in [0.717, 1.165) is 42.6 Å². The third kappa shape index (κ3) is 5.50. The first-order chi connectivity index (χ1) is 11.9. The highest BCUT2D eigenvalue weighted by Crippen LogP contribution is 2.17. The first-order valence-corrected chi connectivity index (χ1v) is 9.21. The maximum atomic E-state index is 12.2. The van der Waals surface area contributed by atoms with Crippen LogP contribution >= 0.6 is 0 Å². The molecule has 1 aromatic heterocycles. The Morgan fingerprint density at radius 3 is 2.60 bits per heavy atom. The largest absolute Gasteiger partial charge is 0.494 e. The Morgan fingerprint density at radius 1 is 1.24 bits per heavy atom. The number of benzene rings is 1. The highest BCUT2D eigenvalue weighted by molar-refractivity contribution is 7.89. The second kappa shape index (κ2) is 8.54. The fourth-order valence-electron chi connectivity index (χ4n) is 1.95. The van der Waals surface area contributed by atoms with Crippen molar-refractivity contribution in [2.75, 3.05) is 6.61 Å². The van der Waals surface area contributed by atoms with Gasteiger partial charge in [-0.2, -0.15) is 0 Å². The monoisotopic (exact) mass is 365 g/mol. The normalized spacial score (nSPS) is 11.2. The molecule has 2 rings (SSSR count). The van der Waals surface area contributed by atoms with Gasteiger partial charge in [0, 0.05) is 18.8 Å². The van der Waals surface area contributed by atoms with Gasteiger partial charge in [-0.15, -0.1) is 0 Å². The maximum Gasteiger partial charge on any atom is 0.288 e. The van der Waals surface area contributed by atoms with Crippen LogP contribution in [0.3, 0.4) is 0 Å². The van der Waals surface area contributed by atoms with Gasteiger partial charge in [-0.25, -0.2) is 13.1 Å². The minimum atomic E-state index is -3.89. The highest BCUT2D eigenvalue weighted by Gasteiger charge is 2.18. The molecule has 0 atom stereocenters. The quantitative estimate of drug-likeness (QED) is 0.415. The van der Waals surface area contributed by atoms with Crippen LogP contribution in [0.25, 0.3) is 0 Å². The van der Waals surface area contributed by atoms with Crippen molar-refractivity contribution in [2.24, 2.45) is 0 Å². The van der Waals surface area contributed by atoms with Gasteiger partial charge in [0.2, 0.25) is 10.0 Å². The molecule has 0 aliphatic heterocycles. The van der Waals surface area contributed by atoms with Crippen LogP contribution in [0.1, 0.15) is 25.3 Å². The van der Waals surface area contributed by atoms with Crippen molar-refractivity contribution in [3.05, 3.63) is 58.4 Å². The van der Waals surface area contributed by atoms with E-state index in [2.05, 4.69) is 16.6 Å². The number of unbranched alkanes of at least 4 members (excludes halogenated alkanes) is 1. The molecule has 0 saturated carbocycles. The Labute approximate surface area is 146 Å². The van der Waals surface area contributed by atoms with Gasteiger partial charge in [-0.3, -0.25) is 15.1 Å². The second-order valence-corrected chi connectivity index (χ2v) is 7.07. The van der Waals surface area contributed by atoms with Gasteiger partial charge in [0.15, 0.2) is 0 Å². The number of hydrogen-bond donors (Lipinski definition) is 1. The molecule has 0 spiro atoms. The molecular weight excluding hydrogens is 346 g/mol. The zero-order valence-electron chi connectivity index (χ0n) is 13.7. The van der Waals surface area contributed by atoms with Crippen LogP contribution in [-0.4, -0.2) is 24.9 Å². The molecule has 134 valence electrons. The molecule has 0 saturated heterocycles. The van der Waals surface area contributed by atoms with Crippen molar-refractivity contribution in [1.29, 1.82) is 0 Å². The van der Waals surface area contributed by atoms with Gasteiger partial charge in [0.05, 0.1) is 11.5 Å². The smallest absolute Gasteiger partial charge is 0.288 e. The summed E-state index contributed by atoms with van der Waals surface area (Å²) >= 11 is 0. The number of ether oxygens (including phenoxy) is 1. The van der Waals surface area contributed by atoms with Crippen LogP contribution in [0.4, 0.5) is 5.69 Å². The van der Waals surface area contributed by atoms with Gasteiger partial charge in [-0.05, 0) is 24.1 Å². The second-order valence-electron chi connectivity index (χ2n) is 5.31. The minimum Gasteiger partial charge on any atom is -0.494 e. The van der Waals surface area contributed by atoms with E-state index in [-0.39, 0.29) is 17.1 Å². The average Bonchev–Trinajstić information content (AvgIpc) is 2.61. The summed E-state index contributed by atoms with van der Waals surface area (Å²) in [6, 6.07) is 8.04.